The molecule has 0 bridgehead atoms. The third-order valence-electron chi connectivity index (χ3n) is 4.28. The van der Waals surface area contributed by atoms with Crippen molar-refractivity contribution >= 4 is 0 Å². The van der Waals surface area contributed by atoms with Gasteiger partial charge in [0.1, 0.15) is 0 Å². The molecule has 0 saturated carbocycles. The lowest BCUT2D eigenvalue weighted by Gasteiger charge is -2.30. The molecule has 0 aromatic heterocycles. The molecule has 1 atom stereocenters. The number of piperazine rings is 1. The Balaban J connectivity index is 1.94. The fourth-order valence-electron chi connectivity index (χ4n) is 2.95. The van der Waals surface area contributed by atoms with Gasteiger partial charge in [-0.3, -0.25) is 0 Å². The van der Waals surface area contributed by atoms with Crippen molar-refractivity contribution in [2.45, 2.75) is 33.1 Å². The van der Waals surface area contributed by atoms with E-state index < -0.39 is 0 Å². The van der Waals surface area contributed by atoms with Gasteiger partial charge in [0.2, 0.25) is 0 Å². The first-order valence-electron chi connectivity index (χ1n) is 7.66. The van der Waals surface area contributed by atoms with Crippen molar-refractivity contribution in [3.8, 4) is 0 Å². The minimum absolute atomic E-state index is 0.690. The second-order valence-corrected chi connectivity index (χ2v) is 6.14. The summed E-state index contributed by atoms with van der Waals surface area (Å²) < 4.78 is 0. The fourth-order valence-corrected chi connectivity index (χ4v) is 2.95. The van der Waals surface area contributed by atoms with E-state index in [0.29, 0.717) is 11.8 Å². The molecule has 1 aliphatic rings. The third kappa shape index (κ3) is 4.32. The zero-order valence-electron chi connectivity index (χ0n) is 12.7. The normalized spacial score (nSPS) is 18.7. The summed E-state index contributed by atoms with van der Waals surface area (Å²) in [6, 6.07) is 9.13. The fraction of sp³-hybridized carbons (Fsp3) is 0.647. The predicted octanol–water partition coefficient (Wildman–Crippen LogP) is 3.03. The summed E-state index contributed by atoms with van der Waals surface area (Å²) in [5.74, 6) is 1.40. The molecule has 0 radical (unpaired) electrons. The van der Waals surface area contributed by atoms with Crippen LogP contribution in [0.15, 0.2) is 24.3 Å². The lowest BCUT2D eigenvalue weighted by atomic mass is 9.85. The van der Waals surface area contributed by atoms with Crippen LogP contribution >= 0.6 is 0 Å². The average Bonchev–Trinajstić information content (AvgIpc) is 2.42. The Bertz CT molecular complexity index is 363. The zero-order chi connectivity index (χ0) is 13.7. The van der Waals surface area contributed by atoms with Crippen molar-refractivity contribution in [1.29, 1.82) is 0 Å². The van der Waals surface area contributed by atoms with Crippen molar-refractivity contribution in [2.75, 3.05) is 32.7 Å². The molecule has 1 aromatic carbocycles. The van der Waals surface area contributed by atoms with Gasteiger partial charge in [0, 0.05) is 26.2 Å². The van der Waals surface area contributed by atoms with Gasteiger partial charge in [0.15, 0.2) is 0 Å². The number of benzene rings is 1. The predicted molar refractivity (Wildman–Crippen MR) is 82.7 cm³/mol. The Morgan fingerprint density at radius 3 is 2.32 bits per heavy atom. The lowest BCUT2D eigenvalue weighted by molar-refractivity contribution is 0.226. The molecule has 1 N–H and O–H groups in total. The summed E-state index contributed by atoms with van der Waals surface area (Å²) in [7, 11) is 0. The Hall–Kier alpha value is -0.860. The topological polar surface area (TPSA) is 15.3 Å². The third-order valence-corrected chi connectivity index (χ3v) is 4.28. The summed E-state index contributed by atoms with van der Waals surface area (Å²) in [6.45, 7) is 12.8. The highest BCUT2D eigenvalue weighted by Crippen LogP contribution is 2.28. The minimum atomic E-state index is 0.690. The van der Waals surface area contributed by atoms with E-state index in [-0.39, 0.29) is 0 Å². The first-order chi connectivity index (χ1) is 9.16. The number of hydrogen-bond acceptors (Lipinski definition) is 2. The van der Waals surface area contributed by atoms with E-state index in [2.05, 4.69) is 55.3 Å². The molecule has 1 saturated heterocycles. The number of rotatable bonds is 5. The molecule has 1 aromatic rings. The molecule has 2 nitrogen and oxygen atoms in total. The van der Waals surface area contributed by atoms with Gasteiger partial charge in [-0.2, -0.15) is 0 Å². The van der Waals surface area contributed by atoms with Gasteiger partial charge in [-0.05, 0) is 37.3 Å². The second kappa shape index (κ2) is 7.06. The number of aryl methyl sites for hydroxylation is 1. The largest absolute Gasteiger partial charge is 0.314 e. The van der Waals surface area contributed by atoms with E-state index in [1.54, 1.807) is 0 Å². The van der Waals surface area contributed by atoms with Gasteiger partial charge in [0.25, 0.3) is 0 Å². The number of nitrogens with one attached hydrogen (secondary N) is 1. The molecule has 1 aliphatic heterocycles. The first kappa shape index (κ1) is 14.5. The minimum Gasteiger partial charge on any atom is -0.314 e. The van der Waals surface area contributed by atoms with Crippen LogP contribution in [0.5, 0.6) is 0 Å². The van der Waals surface area contributed by atoms with Crippen LogP contribution in [0.25, 0.3) is 0 Å². The SMILES string of the molecule is Cc1ccc(C(CCN2CCNCC2)C(C)C)cc1. The zero-order valence-corrected chi connectivity index (χ0v) is 12.7. The second-order valence-electron chi connectivity index (χ2n) is 6.14. The summed E-state index contributed by atoms with van der Waals surface area (Å²) >= 11 is 0. The molecule has 0 spiro atoms. The summed E-state index contributed by atoms with van der Waals surface area (Å²) in [5.41, 5.74) is 2.86. The molecule has 2 rings (SSSR count). The maximum atomic E-state index is 3.42. The first-order valence-corrected chi connectivity index (χ1v) is 7.66. The highest BCUT2D eigenvalue weighted by atomic mass is 15.2. The Morgan fingerprint density at radius 2 is 1.74 bits per heavy atom. The summed E-state index contributed by atoms with van der Waals surface area (Å²) in [4.78, 5) is 2.60. The molecule has 106 valence electrons. The van der Waals surface area contributed by atoms with E-state index in [4.69, 9.17) is 0 Å². The van der Waals surface area contributed by atoms with Crippen molar-refractivity contribution in [3.05, 3.63) is 35.4 Å². The number of nitrogens with zero attached hydrogens (tertiary/aromatic N) is 1. The van der Waals surface area contributed by atoms with Crippen LogP contribution in [0.1, 0.15) is 37.3 Å². The van der Waals surface area contributed by atoms with Crippen LogP contribution < -0.4 is 5.32 Å². The van der Waals surface area contributed by atoms with Gasteiger partial charge in [-0.25, -0.2) is 0 Å². The van der Waals surface area contributed by atoms with Crippen molar-refractivity contribution in [2.24, 2.45) is 5.92 Å². The van der Waals surface area contributed by atoms with Crippen molar-refractivity contribution in [3.63, 3.8) is 0 Å². The summed E-state index contributed by atoms with van der Waals surface area (Å²) in [6.07, 6.45) is 1.28. The molecular formula is C17H28N2. The van der Waals surface area contributed by atoms with Crippen LogP contribution in [0.3, 0.4) is 0 Å². The van der Waals surface area contributed by atoms with E-state index in [1.165, 1.54) is 37.2 Å². The molecule has 1 unspecified atom stereocenters. The van der Waals surface area contributed by atoms with Crippen LogP contribution in [0, 0.1) is 12.8 Å². The van der Waals surface area contributed by atoms with Crippen LogP contribution in [0.2, 0.25) is 0 Å². The quantitative estimate of drug-likeness (QED) is 0.875. The van der Waals surface area contributed by atoms with Gasteiger partial charge in [0.05, 0.1) is 0 Å². The average molecular weight is 260 g/mol. The van der Waals surface area contributed by atoms with Crippen molar-refractivity contribution in [1.82, 2.24) is 10.2 Å². The van der Waals surface area contributed by atoms with E-state index in [0.717, 1.165) is 13.1 Å². The number of hydrogen-bond donors (Lipinski definition) is 1. The van der Waals surface area contributed by atoms with E-state index >= 15 is 0 Å². The molecule has 1 heterocycles. The van der Waals surface area contributed by atoms with Gasteiger partial charge < -0.3 is 10.2 Å². The lowest BCUT2D eigenvalue weighted by Crippen LogP contribution is -2.44. The highest BCUT2D eigenvalue weighted by Gasteiger charge is 2.18. The Morgan fingerprint density at radius 1 is 1.11 bits per heavy atom. The molecule has 2 heteroatoms. The maximum Gasteiger partial charge on any atom is 0.0107 e. The highest BCUT2D eigenvalue weighted by molar-refractivity contribution is 5.24. The van der Waals surface area contributed by atoms with Gasteiger partial charge >= 0.3 is 0 Å². The molecule has 1 fully saturated rings. The molecule has 19 heavy (non-hydrogen) atoms. The van der Waals surface area contributed by atoms with E-state index in [9.17, 15) is 0 Å². The monoisotopic (exact) mass is 260 g/mol. The summed E-state index contributed by atoms with van der Waals surface area (Å²) in [5, 5.41) is 3.42. The van der Waals surface area contributed by atoms with Gasteiger partial charge in [-0.1, -0.05) is 43.7 Å². The van der Waals surface area contributed by atoms with Crippen LogP contribution in [-0.2, 0) is 0 Å². The standard InChI is InChI=1S/C17H28N2/c1-14(2)17(16-6-4-15(3)5-7-16)8-11-19-12-9-18-10-13-19/h4-7,14,17-18H,8-13H2,1-3H3. The molecular weight excluding hydrogens is 232 g/mol. The van der Waals surface area contributed by atoms with Crippen LogP contribution in [-0.4, -0.2) is 37.6 Å². The molecule has 0 aliphatic carbocycles. The van der Waals surface area contributed by atoms with E-state index in [1.807, 2.05) is 0 Å². The van der Waals surface area contributed by atoms with Gasteiger partial charge in [-0.15, -0.1) is 0 Å². The Kier molecular flexibility index (Phi) is 5.41. The van der Waals surface area contributed by atoms with Crippen LogP contribution in [0.4, 0.5) is 0 Å². The maximum absolute atomic E-state index is 3.42. The van der Waals surface area contributed by atoms with Crippen molar-refractivity contribution < 1.29 is 0 Å². The molecule has 0 amide bonds. The Labute approximate surface area is 118 Å². The smallest absolute Gasteiger partial charge is 0.0107 e.